The third-order valence-electron chi connectivity index (χ3n) is 6.67. The predicted octanol–water partition coefficient (Wildman–Crippen LogP) is 5.24. The van der Waals surface area contributed by atoms with Crippen LogP contribution < -0.4 is 4.90 Å². The summed E-state index contributed by atoms with van der Waals surface area (Å²) in [6.07, 6.45) is 0. The lowest BCUT2D eigenvalue weighted by Gasteiger charge is -2.55. The molecule has 1 saturated heterocycles. The Morgan fingerprint density at radius 3 is 1.40 bits per heavy atom. The molecule has 2 atom stereocenters. The molecule has 2 bridgehead atoms. The van der Waals surface area contributed by atoms with E-state index in [9.17, 15) is 14.0 Å². The maximum atomic E-state index is 13.8. The Morgan fingerprint density at radius 1 is 0.667 bits per heavy atom. The monoisotopic (exact) mass is 525 g/mol. The molecule has 3 nitrogen and oxygen atoms in total. The summed E-state index contributed by atoms with van der Waals surface area (Å²) in [5.74, 6) is -2.22. The Kier molecular flexibility index (Phi) is 3.62. The minimum atomic E-state index is -0.818. The molecule has 148 valence electrons. The van der Waals surface area contributed by atoms with Crippen molar-refractivity contribution in [3.63, 3.8) is 0 Å². The molecular formula is C24H14Br2FNO2. The predicted molar refractivity (Wildman–Crippen MR) is 118 cm³/mol. The molecule has 4 aliphatic rings. The summed E-state index contributed by atoms with van der Waals surface area (Å²) in [5.41, 5.74) is 4.35. The van der Waals surface area contributed by atoms with Crippen LogP contribution >= 0.6 is 31.9 Å². The molecule has 6 heteroatoms. The van der Waals surface area contributed by atoms with Gasteiger partial charge >= 0.3 is 0 Å². The second kappa shape index (κ2) is 5.89. The van der Waals surface area contributed by atoms with Crippen LogP contribution in [0.5, 0.6) is 0 Å². The highest BCUT2D eigenvalue weighted by molar-refractivity contribution is 9.10. The number of imide groups is 1. The number of nitrogens with zero attached hydrogens (tertiary/aromatic N) is 1. The number of hydrogen-bond acceptors (Lipinski definition) is 2. The van der Waals surface area contributed by atoms with Crippen LogP contribution in [-0.2, 0) is 18.2 Å². The highest BCUT2D eigenvalue weighted by atomic mass is 79.9. The fourth-order valence-corrected chi connectivity index (χ4v) is 7.82. The van der Waals surface area contributed by atoms with Crippen molar-refractivity contribution in [1.29, 1.82) is 0 Å². The van der Waals surface area contributed by atoms with Gasteiger partial charge in [0, 0.05) is 0 Å². The van der Waals surface area contributed by atoms with Crippen molar-refractivity contribution in [2.75, 3.05) is 4.90 Å². The topological polar surface area (TPSA) is 37.4 Å². The molecule has 1 heterocycles. The summed E-state index contributed by atoms with van der Waals surface area (Å²) < 4.78 is 11.8. The highest BCUT2D eigenvalue weighted by Gasteiger charge is 2.72. The van der Waals surface area contributed by atoms with E-state index in [1.807, 2.05) is 48.5 Å². The average molecular weight is 527 g/mol. The van der Waals surface area contributed by atoms with Gasteiger partial charge in [0.15, 0.2) is 0 Å². The van der Waals surface area contributed by atoms with Crippen molar-refractivity contribution in [1.82, 2.24) is 0 Å². The van der Waals surface area contributed by atoms with Crippen LogP contribution in [0, 0.1) is 17.7 Å². The smallest absolute Gasteiger partial charge is 0.239 e. The van der Waals surface area contributed by atoms with Crippen LogP contribution in [-0.4, -0.2) is 11.8 Å². The standard InChI is InChI=1S/C24H14Br2FNO2/c25-23-15-5-1-2-6-16(15)24(26,18-8-4-3-7-17(18)23)20-19(23)21(29)28(22(20)30)14-11-9-13(27)10-12-14/h1-12,19-20H/t19-,20-,23?,24?/m0/s1. The van der Waals surface area contributed by atoms with Crippen molar-refractivity contribution in [2.45, 2.75) is 8.65 Å². The molecule has 7 rings (SSSR count). The molecule has 0 radical (unpaired) electrons. The Balaban J connectivity index is 1.66. The fourth-order valence-electron chi connectivity index (χ4n) is 5.51. The molecule has 0 aromatic heterocycles. The van der Waals surface area contributed by atoms with Crippen LogP contribution in [0.2, 0.25) is 0 Å². The third-order valence-corrected chi connectivity index (χ3v) is 9.37. The molecule has 1 aliphatic heterocycles. The molecule has 2 amide bonds. The van der Waals surface area contributed by atoms with Crippen molar-refractivity contribution in [3.8, 4) is 0 Å². The zero-order chi connectivity index (χ0) is 20.8. The fraction of sp³-hybridized carbons (Fsp3) is 0.167. The Morgan fingerprint density at radius 2 is 1.03 bits per heavy atom. The Bertz CT molecular complexity index is 1130. The van der Waals surface area contributed by atoms with Crippen LogP contribution in [0.1, 0.15) is 22.3 Å². The average Bonchev–Trinajstić information content (AvgIpc) is 3.04. The lowest BCUT2D eigenvalue weighted by atomic mass is 9.54. The SMILES string of the molecule is O=C1[C@@H]2[C@@H](C(=O)N1c1ccc(F)cc1)C1(Br)c3ccccc3C2(Br)c2ccccc21. The van der Waals surface area contributed by atoms with Gasteiger partial charge in [-0.1, -0.05) is 80.4 Å². The zero-order valence-corrected chi connectivity index (χ0v) is 18.7. The lowest BCUT2D eigenvalue weighted by molar-refractivity contribution is -0.122. The van der Waals surface area contributed by atoms with Crippen molar-refractivity contribution < 1.29 is 14.0 Å². The number of alkyl halides is 2. The van der Waals surface area contributed by atoms with E-state index in [2.05, 4.69) is 31.9 Å². The van der Waals surface area contributed by atoms with Crippen molar-refractivity contribution in [2.24, 2.45) is 11.8 Å². The first-order valence-corrected chi connectivity index (χ1v) is 11.2. The zero-order valence-electron chi connectivity index (χ0n) is 15.5. The van der Waals surface area contributed by atoms with Crippen molar-refractivity contribution >= 4 is 49.4 Å². The van der Waals surface area contributed by atoms with Gasteiger partial charge in [0.25, 0.3) is 0 Å². The first-order valence-electron chi connectivity index (χ1n) is 9.61. The van der Waals surface area contributed by atoms with Gasteiger partial charge in [-0.25, -0.2) is 9.29 Å². The molecule has 3 aliphatic carbocycles. The minimum Gasteiger partial charge on any atom is -0.274 e. The van der Waals surface area contributed by atoms with Gasteiger partial charge in [0.05, 0.1) is 26.2 Å². The number of rotatable bonds is 1. The van der Waals surface area contributed by atoms with Gasteiger partial charge in [-0.2, -0.15) is 0 Å². The van der Waals surface area contributed by atoms with E-state index in [1.54, 1.807) is 0 Å². The maximum Gasteiger partial charge on any atom is 0.239 e. The normalized spacial score (nSPS) is 30.8. The molecular weight excluding hydrogens is 513 g/mol. The second-order valence-corrected chi connectivity index (χ2v) is 10.5. The first-order chi connectivity index (χ1) is 14.4. The van der Waals surface area contributed by atoms with Crippen molar-refractivity contribution in [3.05, 3.63) is 101 Å². The summed E-state index contributed by atoms with van der Waals surface area (Å²) in [6, 6.07) is 21.4. The van der Waals surface area contributed by atoms with Crippen LogP contribution in [0.25, 0.3) is 0 Å². The van der Waals surface area contributed by atoms with E-state index in [4.69, 9.17) is 0 Å². The minimum absolute atomic E-state index is 0.277. The van der Waals surface area contributed by atoms with E-state index in [0.29, 0.717) is 5.69 Å². The highest BCUT2D eigenvalue weighted by Crippen LogP contribution is 2.70. The number of carbonyl (C=O) groups is 2. The van der Waals surface area contributed by atoms with Crippen LogP contribution in [0.4, 0.5) is 10.1 Å². The van der Waals surface area contributed by atoms with Gasteiger partial charge in [-0.3, -0.25) is 9.59 Å². The van der Waals surface area contributed by atoms with Gasteiger partial charge in [-0.05, 0) is 46.5 Å². The molecule has 3 aromatic carbocycles. The molecule has 0 spiro atoms. The Labute approximate surface area is 189 Å². The molecule has 0 unspecified atom stereocenters. The quantitative estimate of drug-likeness (QED) is 0.321. The van der Waals surface area contributed by atoms with E-state index < -0.39 is 26.3 Å². The summed E-state index contributed by atoms with van der Waals surface area (Å²) in [7, 11) is 0. The number of anilines is 1. The summed E-state index contributed by atoms with van der Waals surface area (Å²) in [4.78, 5) is 28.7. The summed E-state index contributed by atoms with van der Waals surface area (Å²) in [6.45, 7) is 0. The largest absolute Gasteiger partial charge is 0.274 e. The molecule has 0 saturated carbocycles. The van der Waals surface area contributed by atoms with Crippen LogP contribution in [0.3, 0.4) is 0 Å². The molecule has 0 N–H and O–H groups in total. The maximum absolute atomic E-state index is 13.8. The number of benzene rings is 3. The van der Waals surface area contributed by atoms with Gasteiger partial charge in [-0.15, -0.1) is 0 Å². The number of carbonyl (C=O) groups excluding carboxylic acids is 2. The Hall–Kier alpha value is -2.31. The van der Waals surface area contributed by atoms with E-state index in [1.165, 1.54) is 29.2 Å². The van der Waals surface area contributed by atoms with Gasteiger partial charge in [0.2, 0.25) is 11.8 Å². The molecule has 1 fully saturated rings. The second-order valence-electron chi connectivity index (χ2n) is 7.96. The lowest BCUT2D eigenvalue weighted by Crippen LogP contribution is -2.56. The van der Waals surface area contributed by atoms with Crippen LogP contribution in [0.15, 0.2) is 72.8 Å². The van der Waals surface area contributed by atoms with E-state index in [0.717, 1.165) is 22.3 Å². The number of hydrogen-bond donors (Lipinski definition) is 0. The molecule has 30 heavy (non-hydrogen) atoms. The van der Waals surface area contributed by atoms with Gasteiger partial charge < -0.3 is 0 Å². The molecule has 3 aromatic rings. The summed E-state index contributed by atoms with van der Waals surface area (Å²) >= 11 is 7.92. The summed E-state index contributed by atoms with van der Waals surface area (Å²) in [5, 5.41) is 0. The number of amides is 2. The van der Waals surface area contributed by atoms with E-state index >= 15 is 0 Å². The van der Waals surface area contributed by atoms with Gasteiger partial charge in [0.1, 0.15) is 5.82 Å². The first kappa shape index (κ1) is 18.5. The third kappa shape index (κ3) is 1.95. The number of halogens is 3. The van der Waals surface area contributed by atoms with E-state index in [-0.39, 0.29) is 11.8 Å².